The standard InChI is InChI=1S/C12H14BrCl2NO/c1-12(7-14,8-15)16-11(17)6-9-3-2-4-10(13)5-9/h2-5H,6-8H2,1H3,(H,16,17). The van der Waals surface area contributed by atoms with Crippen molar-refractivity contribution in [3.63, 3.8) is 0 Å². The second-order valence-electron chi connectivity index (χ2n) is 4.18. The van der Waals surface area contributed by atoms with Crippen molar-refractivity contribution in [3.05, 3.63) is 34.3 Å². The van der Waals surface area contributed by atoms with Crippen molar-refractivity contribution in [1.82, 2.24) is 5.32 Å². The lowest BCUT2D eigenvalue weighted by molar-refractivity contribution is -0.121. The van der Waals surface area contributed by atoms with Crippen LogP contribution < -0.4 is 5.32 Å². The monoisotopic (exact) mass is 337 g/mol. The normalized spacial score (nSPS) is 11.3. The van der Waals surface area contributed by atoms with E-state index >= 15 is 0 Å². The van der Waals surface area contributed by atoms with Gasteiger partial charge >= 0.3 is 0 Å². The van der Waals surface area contributed by atoms with Gasteiger partial charge in [0, 0.05) is 16.2 Å². The van der Waals surface area contributed by atoms with Gasteiger partial charge in [0.25, 0.3) is 0 Å². The molecule has 1 aromatic carbocycles. The second-order valence-corrected chi connectivity index (χ2v) is 5.63. The summed E-state index contributed by atoms with van der Waals surface area (Å²) in [6, 6.07) is 7.64. The fourth-order valence-corrected chi connectivity index (χ4v) is 2.18. The summed E-state index contributed by atoms with van der Waals surface area (Å²) >= 11 is 14.9. The van der Waals surface area contributed by atoms with Gasteiger partial charge < -0.3 is 5.32 Å². The van der Waals surface area contributed by atoms with Gasteiger partial charge in [-0.1, -0.05) is 28.1 Å². The molecule has 1 N–H and O–H groups in total. The Morgan fingerprint density at radius 2 is 2.06 bits per heavy atom. The third-order valence-electron chi connectivity index (χ3n) is 2.28. The molecule has 0 spiro atoms. The summed E-state index contributed by atoms with van der Waals surface area (Å²) in [4.78, 5) is 11.8. The Kier molecular flexibility index (Phi) is 5.77. The molecule has 0 aliphatic carbocycles. The van der Waals surface area contributed by atoms with E-state index in [1.54, 1.807) is 0 Å². The van der Waals surface area contributed by atoms with Gasteiger partial charge in [-0.3, -0.25) is 4.79 Å². The Hall–Kier alpha value is -0.250. The molecule has 1 rings (SSSR count). The molecule has 1 amide bonds. The molecule has 0 saturated heterocycles. The van der Waals surface area contributed by atoms with Crippen LogP contribution in [0.4, 0.5) is 0 Å². The Morgan fingerprint density at radius 3 is 2.59 bits per heavy atom. The van der Waals surface area contributed by atoms with Crippen molar-refractivity contribution in [3.8, 4) is 0 Å². The van der Waals surface area contributed by atoms with E-state index < -0.39 is 5.54 Å². The summed E-state index contributed by atoms with van der Waals surface area (Å²) in [6.45, 7) is 1.83. The molecule has 1 aromatic rings. The van der Waals surface area contributed by atoms with Crippen molar-refractivity contribution < 1.29 is 4.79 Å². The van der Waals surface area contributed by atoms with Gasteiger partial charge in [-0.05, 0) is 24.6 Å². The van der Waals surface area contributed by atoms with E-state index in [0.717, 1.165) is 10.0 Å². The van der Waals surface area contributed by atoms with E-state index in [1.165, 1.54) is 0 Å². The van der Waals surface area contributed by atoms with Crippen LogP contribution in [-0.2, 0) is 11.2 Å². The molecule has 0 saturated carbocycles. The van der Waals surface area contributed by atoms with Crippen LogP contribution in [0, 0.1) is 0 Å². The minimum absolute atomic E-state index is 0.0769. The van der Waals surface area contributed by atoms with Crippen LogP contribution in [0.25, 0.3) is 0 Å². The summed E-state index contributed by atoms with van der Waals surface area (Å²) in [7, 11) is 0. The molecule has 0 aliphatic rings. The van der Waals surface area contributed by atoms with Crippen molar-refractivity contribution in [2.24, 2.45) is 0 Å². The van der Waals surface area contributed by atoms with Crippen molar-refractivity contribution in [2.45, 2.75) is 18.9 Å². The zero-order valence-electron chi connectivity index (χ0n) is 9.47. The van der Waals surface area contributed by atoms with Gasteiger partial charge in [0.1, 0.15) is 0 Å². The number of rotatable bonds is 5. The van der Waals surface area contributed by atoms with Gasteiger partial charge in [0.05, 0.1) is 12.0 Å². The van der Waals surface area contributed by atoms with E-state index in [4.69, 9.17) is 23.2 Å². The molecular weight excluding hydrogens is 325 g/mol. The lowest BCUT2D eigenvalue weighted by Gasteiger charge is -2.25. The van der Waals surface area contributed by atoms with Crippen molar-refractivity contribution in [1.29, 1.82) is 0 Å². The predicted octanol–water partition coefficient (Wildman–Crippen LogP) is 3.34. The quantitative estimate of drug-likeness (QED) is 0.819. The lowest BCUT2D eigenvalue weighted by atomic mass is 10.1. The maximum atomic E-state index is 11.8. The Balaban J connectivity index is 2.61. The van der Waals surface area contributed by atoms with Gasteiger partial charge in [0.2, 0.25) is 5.91 Å². The number of carbonyl (C=O) groups excluding carboxylic acids is 1. The van der Waals surface area contributed by atoms with Crippen LogP contribution in [0.15, 0.2) is 28.7 Å². The van der Waals surface area contributed by atoms with Crippen LogP contribution in [0.1, 0.15) is 12.5 Å². The lowest BCUT2D eigenvalue weighted by Crippen LogP contribution is -2.49. The third kappa shape index (κ3) is 4.86. The maximum absolute atomic E-state index is 11.8. The highest BCUT2D eigenvalue weighted by Gasteiger charge is 2.24. The average Bonchev–Trinajstić information content (AvgIpc) is 2.28. The van der Waals surface area contributed by atoms with E-state index in [2.05, 4.69) is 21.2 Å². The van der Waals surface area contributed by atoms with Crippen LogP contribution in [0.5, 0.6) is 0 Å². The predicted molar refractivity (Wildman–Crippen MR) is 75.8 cm³/mol. The average molecular weight is 339 g/mol. The zero-order valence-corrected chi connectivity index (χ0v) is 12.6. The Labute approximate surface area is 120 Å². The SMILES string of the molecule is CC(CCl)(CCl)NC(=O)Cc1cccc(Br)c1. The number of nitrogens with one attached hydrogen (secondary N) is 1. The molecule has 0 fully saturated rings. The van der Waals surface area contributed by atoms with Gasteiger partial charge in [0.15, 0.2) is 0 Å². The fourth-order valence-electron chi connectivity index (χ4n) is 1.32. The molecule has 0 atom stereocenters. The molecule has 0 bridgehead atoms. The first-order valence-corrected chi connectivity index (χ1v) is 7.03. The summed E-state index contributed by atoms with van der Waals surface area (Å²) in [5.74, 6) is 0.508. The Bertz CT molecular complexity index is 394. The number of hydrogen-bond acceptors (Lipinski definition) is 1. The number of amides is 1. The molecule has 0 radical (unpaired) electrons. The molecule has 2 nitrogen and oxygen atoms in total. The topological polar surface area (TPSA) is 29.1 Å². The van der Waals surface area contributed by atoms with E-state index in [1.807, 2.05) is 31.2 Å². The number of carbonyl (C=O) groups is 1. The first-order chi connectivity index (χ1) is 7.99. The molecule has 0 unspecified atom stereocenters. The van der Waals surface area contributed by atoms with Gasteiger partial charge in [-0.15, -0.1) is 23.2 Å². The Morgan fingerprint density at radius 1 is 1.41 bits per heavy atom. The van der Waals surface area contributed by atoms with Crippen molar-refractivity contribution >= 4 is 45.0 Å². The fraction of sp³-hybridized carbons (Fsp3) is 0.417. The summed E-state index contributed by atoms with van der Waals surface area (Å²) in [6.07, 6.45) is 0.322. The van der Waals surface area contributed by atoms with Crippen LogP contribution in [0.3, 0.4) is 0 Å². The highest BCUT2D eigenvalue weighted by atomic mass is 79.9. The van der Waals surface area contributed by atoms with Gasteiger partial charge in [-0.25, -0.2) is 0 Å². The highest BCUT2D eigenvalue weighted by Crippen LogP contribution is 2.13. The van der Waals surface area contributed by atoms with E-state index in [0.29, 0.717) is 18.2 Å². The van der Waals surface area contributed by atoms with E-state index in [9.17, 15) is 4.79 Å². The molecule has 0 aliphatic heterocycles. The molecular formula is C12H14BrCl2NO. The summed E-state index contributed by atoms with van der Waals surface area (Å²) < 4.78 is 0.959. The van der Waals surface area contributed by atoms with E-state index in [-0.39, 0.29) is 5.91 Å². The third-order valence-corrected chi connectivity index (χ3v) is 3.96. The number of halogens is 3. The number of alkyl halides is 2. The smallest absolute Gasteiger partial charge is 0.224 e. The minimum Gasteiger partial charge on any atom is -0.348 e. The second kappa shape index (κ2) is 6.62. The largest absolute Gasteiger partial charge is 0.348 e. The van der Waals surface area contributed by atoms with Crippen LogP contribution in [-0.4, -0.2) is 23.2 Å². The first-order valence-electron chi connectivity index (χ1n) is 5.16. The molecule has 0 heterocycles. The summed E-state index contributed by atoms with van der Waals surface area (Å²) in [5, 5.41) is 2.84. The van der Waals surface area contributed by atoms with Crippen molar-refractivity contribution in [2.75, 3.05) is 11.8 Å². The zero-order chi connectivity index (χ0) is 12.9. The summed E-state index contributed by atoms with van der Waals surface area (Å²) in [5.41, 5.74) is 0.398. The number of hydrogen-bond donors (Lipinski definition) is 1. The van der Waals surface area contributed by atoms with Crippen LogP contribution >= 0.6 is 39.1 Å². The highest BCUT2D eigenvalue weighted by molar-refractivity contribution is 9.10. The van der Waals surface area contributed by atoms with Crippen LogP contribution in [0.2, 0.25) is 0 Å². The molecule has 17 heavy (non-hydrogen) atoms. The van der Waals surface area contributed by atoms with Gasteiger partial charge in [-0.2, -0.15) is 0 Å². The minimum atomic E-state index is -0.549. The molecule has 94 valence electrons. The maximum Gasteiger partial charge on any atom is 0.224 e. The molecule has 0 aromatic heterocycles. The number of benzene rings is 1. The molecule has 5 heteroatoms. The first kappa shape index (κ1) is 14.8.